The summed E-state index contributed by atoms with van der Waals surface area (Å²) in [6.45, 7) is 4.10. The Balaban J connectivity index is 2.10. The Hall–Kier alpha value is -1.02. The van der Waals surface area contributed by atoms with E-state index in [0.29, 0.717) is 5.41 Å². The summed E-state index contributed by atoms with van der Waals surface area (Å²) in [6.07, 6.45) is 6.66. The van der Waals surface area contributed by atoms with Crippen LogP contribution in [0.25, 0.3) is 0 Å². The van der Waals surface area contributed by atoms with Gasteiger partial charge in [0.1, 0.15) is 0 Å². The van der Waals surface area contributed by atoms with Crippen LogP contribution in [-0.4, -0.2) is 20.1 Å². The van der Waals surface area contributed by atoms with Crippen molar-refractivity contribution < 1.29 is 0 Å². The van der Waals surface area contributed by atoms with Gasteiger partial charge < -0.3 is 10.6 Å². The van der Waals surface area contributed by atoms with Gasteiger partial charge in [-0.1, -0.05) is 37.5 Å². The smallest absolute Gasteiger partial charge is 0.0393 e. The molecule has 0 atom stereocenters. The van der Waals surface area contributed by atoms with Crippen molar-refractivity contribution in [2.45, 2.75) is 39.0 Å². The summed E-state index contributed by atoms with van der Waals surface area (Å²) in [5.41, 5.74) is 9.11. The SMILES string of the molecule is Cc1ccccc1N(C)CC1(CN)CCCCC1. The van der Waals surface area contributed by atoms with Gasteiger partial charge in [-0.2, -0.15) is 0 Å². The van der Waals surface area contributed by atoms with Crippen LogP contribution in [0.1, 0.15) is 37.7 Å². The van der Waals surface area contributed by atoms with Crippen LogP contribution in [0, 0.1) is 12.3 Å². The third-order valence-corrected chi connectivity index (χ3v) is 4.45. The van der Waals surface area contributed by atoms with Crippen molar-refractivity contribution in [3.8, 4) is 0 Å². The molecule has 0 bridgehead atoms. The normalized spacial score (nSPS) is 18.6. The van der Waals surface area contributed by atoms with E-state index in [-0.39, 0.29) is 0 Å². The Kier molecular flexibility index (Phi) is 4.28. The van der Waals surface area contributed by atoms with Crippen molar-refractivity contribution in [3.63, 3.8) is 0 Å². The molecule has 18 heavy (non-hydrogen) atoms. The van der Waals surface area contributed by atoms with Gasteiger partial charge in [0, 0.05) is 24.7 Å². The van der Waals surface area contributed by atoms with E-state index in [0.717, 1.165) is 13.1 Å². The number of hydrogen-bond acceptors (Lipinski definition) is 2. The second kappa shape index (κ2) is 5.75. The molecule has 0 spiro atoms. The van der Waals surface area contributed by atoms with Crippen molar-refractivity contribution in [1.29, 1.82) is 0 Å². The number of benzene rings is 1. The third kappa shape index (κ3) is 2.86. The van der Waals surface area contributed by atoms with Crippen LogP contribution in [0.15, 0.2) is 24.3 Å². The van der Waals surface area contributed by atoms with Crippen LogP contribution in [-0.2, 0) is 0 Å². The number of rotatable bonds is 4. The lowest BCUT2D eigenvalue weighted by atomic mass is 9.73. The zero-order chi connectivity index (χ0) is 13.0. The summed E-state index contributed by atoms with van der Waals surface area (Å²) in [7, 11) is 2.20. The fourth-order valence-corrected chi connectivity index (χ4v) is 3.31. The Morgan fingerprint density at radius 1 is 1.17 bits per heavy atom. The standard InChI is InChI=1S/C16H26N2/c1-14-8-4-5-9-15(14)18(2)13-16(12-17)10-6-3-7-11-16/h4-5,8-9H,3,6-7,10-13,17H2,1-2H3. The first-order valence-electron chi connectivity index (χ1n) is 7.14. The van der Waals surface area contributed by atoms with Crippen LogP contribution in [0.4, 0.5) is 5.69 Å². The van der Waals surface area contributed by atoms with Crippen LogP contribution >= 0.6 is 0 Å². The first-order chi connectivity index (χ1) is 8.67. The molecule has 0 amide bonds. The molecule has 0 saturated heterocycles. The Morgan fingerprint density at radius 3 is 2.44 bits per heavy atom. The van der Waals surface area contributed by atoms with Crippen molar-refractivity contribution in [3.05, 3.63) is 29.8 Å². The molecule has 2 heteroatoms. The van der Waals surface area contributed by atoms with E-state index in [1.54, 1.807) is 0 Å². The zero-order valence-electron chi connectivity index (χ0n) is 11.8. The Morgan fingerprint density at radius 2 is 1.83 bits per heavy atom. The van der Waals surface area contributed by atoms with Crippen molar-refractivity contribution in [2.75, 3.05) is 25.0 Å². The van der Waals surface area contributed by atoms with E-state index in [2.05, 4.69) is 43.1 Å². The van der Waals surface area contributed by atoms with Gasteiger partial charge in [0.2, 0.25) is 0 Å². The molecule has 2 rings (SSSR count). The van der Waals surface area contributed by atoms with E-state index in [1.807, 2.05) is 0 Å². The Labute approximate surface area is 111 Å². The average molecular weight is 246 g/mol. The minimum atomic E-state index is 0.343. The van der Waals surface area contributed by atoms with E-state index >= 15 is 0 Å². The van der Waals surface area contributed by atoms with Gasteiger partial charge in [0.25, 0.3) is 0 Å². The van der Waals surface area contributed by atoms with E-state index in [9.17, 15) is 0 Å². The van der Waals surface area contributed by atoms with Crippen molar-refractivity contribution in [2.24, 2.45) is 11.1 Å². The minimum absolute atomic E-state index is 0.343. The quantitative estimate of drug-likeness (QED) is 0.883. The summed E-state index contributed by atoms with van der Waals surface area (Å²) < 4.78 is 0. The van der Waals surface area contributed by atoms with Gasteiger partial charge >= 0.3 is 0 Å². The van der Waals surface area contributed by atoms with E-state index in [1.165, 1.54) is 43.4 Å². The molecule has 1 aliphatic rings. The summed E-state index contributed by atoms with van der Waals surface area (Å²) in [6, 6.07) is 8.62. The highest BCUT2D eigenvalue weighted by molar-refractivity contribution is 5.52. The molecule has 1 aliphatic carbocycles. The van der Waals surface area contributed by atoms with Crippen LogP contribution in [0.5, 0.6) is 0 Å². The molecule has 2 N–H and O–H groups in total. The second-order valence-corrected chi connectivity index (χ2v) is 5.91. The monoisotopic (exact) mass is 246 g/mol. The molecule has 2 nitrogen and oxygen atoms in total. The van der Waals surface area contributed by atoms with Gasteiger partial charge in [-0.3, -0.25) is 0 Å². The highest BCUT2D eigenvalue weighted by Crippen LogP contribution is 2.37. The highest BCUT2D eigenvalue weighted by atomic mass is 15.1. The summed E-state index contributed by atoms with van der Waals surface area (Å²) in [5.74, 6) is 0. The molecular formula is C16H26N2. The lowest BCUT2D eigenvalue weighted by Gasteiger charge is -2.40. The highest BCUT2D eigenvalue weighted by Gasteiger charge is 2.32. The van der Waals surface area contributed by atoms with Crippen LogP contribution < -0.4 is 10.6 Å². The largest absolute Gasteiger partial charge is 0.374 e. The van der Waals surface area contributed by atoms with E-state index < -0.39 is 0 Å². The second-order valence-electron chi connectivity index (χ2n) is 5.91. The maximum atomic E-state index is 6.08. The molecule has 1 saturated carbocycles. The van der Waals surface area contributed by atoms with Crippen LogP contribution in [0.2, 0.25) is 0 Å². The van der Waals surface area contributed by atoms with Crippen LogP contribution in [0.3, 0.4) is 0 Å². The summed E-state index contributed by atoms with van der Waals surface area (Å²) in [5, 5.41) is 0. The topological polar surface area (TPSA) is 29.3 Å². The average Bonchev–Trinajstić information content (AvgIpc) is 2.40. The molecule has 0 aliphatic heterocycles. The van der Waals surface area contributed by atoms with Gasteiger partial charge in [0.15, 0.2) is 0 Å². The van der Waals surface area contributed by atoms with E-state index in [4.69, 9.17) is 5.73 Å². The molecule has 0 radical (unpaired) electrons. The molecule has 0 heterocycles. The number of para-hydroxylation sites is 1. The molecule has 100 valence electrons. The van der Waals surface area contributed by atoms with Crippen molar-refractivity contribution in [1.82, 2.24) is 0 Å². The number of hydrogen-bond donors (Lipinski definition) is 1. The first kappa shape index (κ1) is 13.4. The maximum absolute atomic E-state index is 6.08. The zero-order valence-corrected chi connectivity index (χ0v) is 11.8. The number of nitrogens with zero attached hydrogens (tertiary/aromatic N) is 1. The lowest BCUT2D eigenvalue weighted by Crippen LogP contribution is -2.42. The summed E-state index contributed by atoms with van der Waals surface area (Å²) >= 11 is 0. The fourth-order valence-electron chi connectivity index (χ4n) is 3.31. The lowest BCUT2D eigenvalue weighted by molar-refractivity contribution is 0.206. The maximum Gasteiger partial charge on any atom is 0.0393 e. The predicted octanol–water partition coefficient (Wildman–Crippen LogP) is 3.34. The third-order valence-electron chi connectivity index (χ3n) is 4.45. The van der Waals surface area contributed by atoms with Crippen molar-refractivity contribution >= 4 is 5.69 Å². The molecule has 1 fully saturated rings. The van der Waals surface area contributed by atoms with Gasteiger partial charge in [-0.25, -0.2) is 0 Å². The molecule has 1 aromatic carbocycles. The molecule has 0 unspecified atom stereocenters. The summed E-state index contributed by atoms with van der Waals surface area (Å²) in [4.78, 5) is 2.40. The van der Waals surface area contributed by atoms with Gasteiger partial charge in [0.05, 0.1) is 0 Å². The Bertz CT molecular complexity index is 380. The number of aryl methyl sites for hydroxylation is 1. The molecule has 1 aromatic rings. The number of anilines is 1. The first-order valence-corrected chi connectivity index (χ1v) is 7.14. The minimum Gasteiger partial charge on any atom is -0.374 e. The molecular weight excluding hydrogens is 220 g/mol. The fraction of sp³-hybridized carbons (Fsp3) is 0.625. The number of nitrogens with two attached hydrogens (primary N) is 1. The predicted molar refractivity (Wildman–Crippen MR) is 79.0 cm³/mol. The van der Waals surface area contributed by atoms with Gasteiger partial charge in [-0.05, 0) is 37.9 Å². The van der Waals surface area contributed by atoms with Gasteiger partial charge in [-0.15, -0.1) is 0 Å². The molecule has 0 aromatic heterocycles.